The monoisotopic (exact) mass is 125 g/mol. The maximum atomic E-state index is 3.80. The minimum atomic E-state index is 0.937. The van der Waals surface area contributed by atoms with Gasteiger partial charge in [0.25, 0.3) is 0 Å². The van der Waals surface area contributed by atoms with E-state index in [1.54, 1.807) is 0 Å². The van der Waals surface area contributed by atoms with Gasteiger partial charge in [-0.2, -0.15) is 0 Å². The molecule has 0 aromatic rings. The van der Waals surface area contributed by atoms with Gasteiger partial charge in [0.15, 0.2) is 0 Å². The molecule has 52 valence electrons. The van der Waals surface area contributed by atoms with Crippen molar-refractivity contribution in [1.82, 2.24) is 4.90 Å². The maximum Gasteiger partial charge on any atom is 0.0187 e. The second kappa shape index (κ2) is 4.33. The Balaban J connectivity index is 3.37. The van der Waals surface area contributed by atoms with Gasteiger partial charge in [0.1, 0.15) is 0 Å². The SMILES string of the molecule is C=CCN(C)CC(=C)C. The molecule has 0 N–H and O–H groups in total. The van der Waals surface area contributed by atoms with Crippen molar-refractivity contribution >= 4 is 0 Å². The van der Waals surface area contributed by atoms with Crippen LogP contribution >= 0.6 is 0 Å². The lowest BCUT2D eigenvalue weighted by Gasteiger charge is -2.12. The Bertz CT molecular complexity index is 105. The minimum absolute atomic E-state index is 0.937. The third kappa shape index (κ3) is 5.31. The summed E-state index contributed by atoms with van der Waals surface area (Å²) in [5.74, 6) is 0. The van der Waals surface area contributed by atoms with Gasteiger partial charge in [-0.25, -0.2) is 0 Å². The summed E-state index contributed by atoms with van der Waals surface area (Å²) in [6.45, 7) is 11.4. The molecule has 0 aliphatic rings. The molecule has 0 amide bonds. The van der Waals surface area contributed by atoms with Gasteiger partial charge >= 0.3 is 0 Å². The highest BCUT2D eigenvalue weighted by Crippen LogP contribution is 1.90. The third-order valence-corrected chi connectivity index (χ3v) is 0.981. The number of nitrogens with zero attached hydrogens (tertiary/aromatic N) is 1. The van der Waals surface area contributed by atoms with Crippen molar-refractivity contribution in [2.75, 3.05) is 20.1 Å². The summed E-state index contributed by atoms with van der Waals surface area (Å²) >= 11 is 0. The molecule has 0 unspecified atom stereocenters. The summed E-state index contributed by atoms with van der Waals surface area (Å²) in [4.78, 5) is 2.16. The van der Waals surface area contributed by atoms with Crippen LogP contribution in [0.25, 0.3) is 0 Å². The molecule has 0 bridgehead atoms. The van der Waals surface area contributed by atoms with E-state index in [1.807, 2.05) is 13.0 Å². The first-order valence-electron chi connectivity index (χ1n) is 3.10. The molecule has 0 heterocycles. The van der Waals surface area contributed by atoms with E-state index in [4.69, 9.17) is 0 Å². The normalized spacial score (nSPS) is 9.67. The number of rotatable bonds is 4. The number of hydrogen-bond acceptors (Lipinski definition) is 1. The molecule has 0 spiro atoms. The predicted molar refractivity (Wildman–Crippen MR) is 42.5 cm³/mol. The van der Waals surface area contributed by atoms with Crippen LogP contribution in [0.15, 0.2) is 24.8 Å². The highest BCUT2D eigenvalue weighted by Gasteiger charge is 1.92. The second-order valence-corrected chi connectivity index (χ2v) is 2.44. The van der Waals surface area contributed by atoms with Gasteiger partial charge < -0.3 is 0 Å². The zero-order valence-electron chi connectivity index (χ0n) is 6.35. The number of likely N-dealkylation sites (N-methyl/N-ethyl adjacent to an activating group) is 1. The first-order valence-corrected chi connectivity index (χ1v) is 3.10. The van der Waals surface area contributed by atoms with Crippen molar-refractivity contribution in [3.8, 4) is 0 Å². The van der Waals surface area contributed by atoms with Crippen LogP contribution < -0.4 is 0 Å². The van der Waals surface area contributed by atoms with E-state index >= 15 is 0 Å². The molecule has 0 atom stereocenters. The molecular weight excluding hydrogens is 110 g/mol. The lowest BCUT2D eigenvalue weighted by atomic mass is 10.3. The van der Waals surface area contributed by atoms with E-state index < -0.39 is 0 Å². The van der Waals surface area contributed by atoms with Crippen molar-refractivity contribution < 1.29 is 0 Å². The van der Waals surface area contributed by atoms with Crippen LogP contribution in [0.5, 0.6) is 0 Å². The fourth-order valence-corrected chi connectivity index (χ4v) is 0.746. The molecule has 9 heavy (non-hydrogen) atoms. The van der Waals surface area contributed by atoms with Crippen LogP contribution in [-0.2, 0) is 0 Å². The van der Waals surface area contributed by atoms with Crippen molar-refractivity contribution in [1.29, 1.82) is 0 Å². The average molecular weight is 125 g/mol. The highest BCUT2D eigenvalue weighted by atomic mass is 15.1. The zero-order valence-corrected chi connectivity index (χ0v) is 6.35. The first kappa shape index (κ1) is 8.44. The summed E-state index contributed by atoms with van der Waals surface area (Å²) in [7, 11) is 2.05. The maximum absolute atomic E-state index is 3.80. The summed E-state index contributed by atoms with van der Waals surface area (Å²) in [6.07, 6.45) is 1.89. The summed E-state index contributed by atoms with van der Waals surface area (Å²) in [5, 5.41) is 0. The van der Waals surface area contributed by atoms with Gasteiger partial charge in [0.2, 0.25) is 0 Å². The van der Waals surface area contributed by atoms with Crippen molar-refractivity contribution in [3.63, 3.8) is 0 Å². The van der Waals surface area contributed by atoms with E-state index in [-0.39, 0.29) is 0 Å². The molecule has 0 aliphatic heterocycles. The van der Waals surface area contributed by atoms with Crippen LogP contribution in [0.1, 0.15) is 6.92 Å². The Labute approximate surface area is 57.7 Å². The highest BCUT2D eigenvalue weighted by molar-refractivity contribution is 4.92. The molecule has 0 saturated heterocycles. The van der Waals surface area contributed by atoms with Gasteiger partial charge in [0.05, 0.1) is 0 Å². The Morgan fingerprint density at radius 1 is 1.67 bits per heavy atom. The fourth-order valence-electron chi connectivity index (χ4n) is 0.746. The summed E-state index contributed by atoms with van der Waals surface area (Å²) < 4.78 is 0. The summed E-state index contributed by atoms with van der Waals surface area (Å²) in [5.41, 5.74) is 1.19. The van der Waals surface area contributed by atoms with Crippen LogP contribution in [0.3, 0.4) is 0 Å². The quantitative estimate of drug-likeness (QED) is 0.517. The zero-order chi connectivity index (χ0) is 7.28. The van der Waals surface area contributed by atoms with Crippen molar-refractivity contribution in [3.05, 3.63) is 24.8 Å². The van der Waals surface area contributed by atoms with Gasteiger partial charge in [0, 0.05) is 13.1 Å². The molecule has 0 aromatic carbocycles. The van der Waals surface area contributed by atoms with Gasteiger partial charge in [-0.15, -0.1) is 6.58 Å². The van der Waals surface area contributed by atoms with E-state index in [2.05, 4.69) is 25.1 Å². The molecule has 0 fully saturated rings. The van der Waals surface area contributed by atoms with Gasteiger partial charge in [-0.05, 0) is 14.0 Å². The average Bonchev–Trinajstić information content (AvgIpc) is 1.63. The van der Waals surface area contributed by atoms with E-state index in [1.165, 1.54) is 5.57 Å². The van der Waals surface area contributed by atoms with Gasteiger partial charge in [-0.1, -0.05) is 18.2 Å². The van der Waals surface area contributed by atoms with Crippen molar-refractivity contribution in [2.24, 2.45) is 0 Å². The lowest BCUT2D eigenvalue weighted by Crippen LogP contribution is -2.19. The predicted octanol–water partition coefficient (Wildman–Crippen LogP) is 1.68. The third-order valence-electron chi connectivity index (χ3n) is 0.981. The number of hydrogen-bond donors (Lipinski definition) is 0. The largest absolute Gasteiger partial charge is 0.299 e. The Hall–Kier alpha value is -0.560. The van der Waals surface area contributed by atoms with Gasteiger partial charge in [-0.3, -0.25) is 4.90 Å². The summed E-state index contributed by atoms with van der Waals surface area (Å²) in [6, 6.07) is 0. The Morgan fingerprint density at radius 2 is 2.22 bits per heavy atom. The first-order chi connectivity index (χ1) is 4.16. The van der Waals surface area contributed by atoms with E-state index in [0.29, 0.717) is 0 Å². The Morgan fingerprint density at radius 3 is 2.56 bits per heavy atom. The van der Waals surface area contributed by atoms with E-state index in [9.17, 15) is 0 Å². The van der Waals surface area contributed by atoms with Crippen LogP contribution in [-0.4, -0.2) is 25.0 Å². The minimum Gasteiger partial charge on any atom is -0.299 e. The topological polar surface area (TPSA) is 3.24 Å². The molecule has 0 saturated carbocycles. The van der Waals surface area contributed by atoms with E-state index in [0.717, 1.165) is 13.1 Å². The van der Waals surface area contributed by atoms with Crippen LogP contribution in [0, 0.1) is 0 Å². The molecule has 0 aliphatic carbocycles. The van der Waals surface area contributed by atoms with Crippen molar-refractivity contribution in [2.45, 2.75) is 6.92 Å². The molecule has 0 aromatic heterocycles. The standard InChI is InChI=1S/C8H15N/c1-5-6-9(4)7-8(2)3/h5H,1-2,6-7H2,3-4H3. The Kier molecular flexibility index (Phi) is 4.06. The molecule has 1 heteroatoms. The second-order valence-electron chi connectivity index (χ2n) is 2.44. The molecule has 0 radical (unpaired) electrons. The molecule has 1 nitrogen and oxygen atoms in total. The van der Waals surface area contributed by atoms with Crippen LogP contribution in [0.4, 0.5) is 0 Å². The lowest BCUT2D eigenvalue weighted by molar-refractivity contribution is 0.403. The molecule has 0 rings (SSSR count). The van der Waals surface area contributed by atoms with Crippen LogP contribution in [0.2, 0.25) is 0 Å². The smallest absolute Gasteiger partial charge is 0.0187 e. The fraction of sp³-hybridized carbons (Fsp3) is 0.500. The molecular formula is C8H15N.